The standard InChI is InChI=1S/C16H13FN4O2/c1-10(15(22)18-12-6-4-5-11(17)9-12)21-16(23)13-7-2-3-8-14(13)19-20-21/h2-10H,1H3,(H,18,22)/t10-/m0/s1. The van der Waals surface area contributed by atoms with Gasteiger partial charge in [0.25, 0.3) is 5.56 Å². The molecule has 7 heteroatoms. The van der Waals surface area contributed by atoms with E-state index in [-0.39, 0.29) is 0 Å². The number of hydrogen-bond acceptors (Lipinski definition) is 4. The Kier molecular flexibility index (Phi) is 3.84. The van der Waals surface area contributed by atoms with Gasteiger partial charge in [0.2, 0.25) is 5.91 Å². The van der Waals surface area contributed by atoms with Gasteiger partial charge in [-0.1, -0.05) is 23.4 Å². The third kappa shape index (κ3) is 2.94. The van der Waals surface area contributed by atoms with Crippen molar-refractivity contribution in [3.05, 3.63) is 64.7 Å². The molecule has 0 aliphatic heterocycles. The summed E-state index contributed by atoms with van der Waals surface area (Å²) in [5.74, 6) is -0.944. The van der Waals surface area contributed by atoms with Gasteiger partial charge < -0.3 is 5.32 Å². The number of nitrogens with one attached hydrogen (secondary N) is 1. The number of amides is 1. The van der Waals surface area contributed by atoms with E-state index in [9.17, 15) is 14.0 Å². The second-order valence-electron chi connectivity index (χ2n) is 5.03. The van der Waals surface area contributed by atoms with Crippen LogP contribution in [0.25, 0.3) is 10.9 Å². The van der Waals surface area contributed by atoms with Gasteiger partial charge in [-0.05, 0) is 37.3 Å². The Labute approximate surface area is 130 Å². The Balaban J connectivity index is 1.90. The number of aromatic nitrogens is 3. The maximum atomic E-state index is 13.2. The topological polar surface area (TPSA) is 76.9 Å². The predicted molar refractivity (Wildman–Crippen MR) is 83.5 cm³/mol. The van der Waals surface area contributed by atoms with Crippen LogP contribution < -0.4 is 10.9 Å². The van der Waals surface area contributed by atoms with Gasteiger partial charge in [-0.3, -0.25) is 9.59 Å². The number of carbonyl (C=O) groups is 1. The molecule has 6 nitrogen and oxygen atoms in total. The fourth-order valence-corrected chi connectivity index (χ4v) is 2.18. The third-order valence-electron chi connectivity index (χ3n) is 3.43. The third-order valence-corrected chi connectivity index (χ3v) is 3.43. The molecule has 1 aromatic heterocycles. The first-order chi connectivity index (χ1) is 11.1. The van der Waals surface area contributed by atoms with Gasteiger partial charge in [-0.2, -0.15) is 4.68 Å². The van der Waals surface area contributed by atoms with Crippen LogP contribution in [0.15, 0.2) is 53.3 Å². The molecule has 2 aromatic carbocycles. The Morgan fingerprint density at radius 3 is 2.78 bits per heavy atom. The quantitative estimate of drug-likeness (QED) is 0.804. The molecule has 0 saturated heterocycles. The number of hydrogen-bond donors (Lipinski definition) is 1. The molecule has 1 atom stereocenters. The summed E-state index contributed by atoms with van der Waals surface area (Å²) in [4.78, 5) is 24.7. The zero-order valence-corrected chi connectivity index (χ0v) is 12.2. The number of fused-ring (bicyclic) bond motifs is 1. The number of carbonyl (C=O) groups excluding carboxylic acids is 1. The minimum atomic E-state index is -0.886. The molecule has 116 valence electrons. The highest BCUT2D eigenvalue weighted by atomic mass is 19.1. The lowest BCUT2D eigenvalue weighted by Crippen LogP contribution is -2.34. The van der Waals surface area contributed by atoms with Crippen LogP contribution in [0.4, 0.5) is 10.1 Å². The van der Waals surface area contributed by atoms with Crippen LogP contribution in [-0.4, -0.2) is 20.9 Å². The summed E-state index contributed by atoms with van der Waals surface area (Å²) in [6.45, 7) is 1.53. The van der Waals surface area contributed by atoms with Crippen LogP contribution in [0.1, 0.15) is 13.0 Å². The van der Waals surface area contributed by atoms with Crippen molar-refractivity contribution in [1.29, 1.82) is 0 Å². The van der Waals surface area contributed by atoms with Crippen molar-refractivity contribution in [3.63, 3.8) is 0 Å². The van der Waals surface area contributed by atoms with Crippen molar-refractivity contribution in [2.45, 2.75) is 13.0 Å². The Bertz CT molecular complexity index is 939. The monoisotopic (exact) mass is 312 g/mol. The summed E-state index contributed by atoms with van der Waals surface area (Å²) in [5, 5.41) is 10.7. The van der Waals surface area contributed by atoms with Crippen LogP contribution in [0.3, 0.4) is 0 Å². The maximum absolute atomic E-state index is 13.2. The second-order valence-corrected chi connectivity index (χ2v) is 5.03. The highest BCUT2D eigenvalue weighted by Gasteiger charge is 2.19. The molecule has 0 saturated carbocycles. The summed E-state index contributed by atoms with van der Waals surface area (Å²) < 4.78 is 14.2. The predicted octanol–water partition coefficient (Wildman–Crippen LogP) is 2.13. The first-order valence-corrected chi connectivity index (χ1v) is 6.97. The summed E-state index contributed by atoms with van der Waals surface area (Å²) in [6, 6.07) is 11.4. The molecule has 1 heterocycles. The summed E-state index contributed by atoms with van der Waals surface area (Å²) in [6.07, 6.45) is 0. The lowest BCUT2D eigenvalue weighted by Gasteiger charge is -2.13. The van der Waals surface area contributed by atoms with Gasteiger partial charge >= 0.3 is 0 Å². The molecule has 3 aromatic rings. The van der Waals surface area contributed by atoms with E-state index in [0.29, 0.717) is 16.6 Å². The van der Waals surface area contributed by atoms with Gasteiger partial charge in [-0.25, -0.2) is 4.39 Å². The molecule has 0 unspecified atom stereocenters. The lowest BCUT2D eigenvalue weighted by molar-refractivity contribution is -0.119. The van der Waals surface area contributed by atoms with Crippen LogP contribution in [0.2, 0.25) is 0 Å². The highest BCUT2D eigenvalue weighted by Crippen LogP contribution is 2.12. The first-order valence-electron chi connectivity index (χ1n) is 6.97. The van der Waals surface area contributed by atoms with Crippen LogP contribution in [0, 0.1) is 5.82 Å². The zero-order valence-electron chi connectivity index (χ0n) is 12.2. The maximum Gasteiger partial charge on any atom is 0.278 e. The van der Waals surface area contributed by atoms with Crippen molar-refractivity contribution in [3.8, 4) is 0 Å². The van der Waals surface area contributed by atoms with E-state index in [1.54, 1.807) is 30.3 Å². The smallest absolute Gasteiger partial charge is 0.278 e. The normalized spacial score (nSPS) is 12.1. The van der Waals surface area contributed by atoms with E-state index >= 15 is 0 Å². The fraction of sp³-hybridized carbons (Fsp3) is 0.125. The average molecular weight is 312 g/mol. The molecular formula is C16H13FN4O2. The molecule has 0 fully saturated rings. The lowest BCUT2D eigenvalue weighted by atomic mass is 10.2. The molecule has 1 N–H and O–H groups in total. The number of nitrogens with zero attached hydrogens (tertiary/aromatic N) is 3. The largest absolute Gasteiger partial charge is 0.324 e. The summed E-state index contributed by atoms with van der Waals surface area (Å²) in [5.41, 5.74) is 0.368. The van der Waals surface area contributed by atoms with Crippen LogP contribution in [0.5, 0.6) is 0 Å². The molecule has 0 spiro atoms. The zero-order chi connectivity index (χ0) is 16.4. The van der Waals surface area contributed by atoms with Crippen molar-refractivity contribution in [1.82, 2.24) is 15.0 Å². The van der Waals surface area contributed by atoms with E-state index in [1.807, 2.05) is 0 Å². The van der Waals surface area contributed by atoms with Gasteiger partial charge in [0, 0.05) is 5.69 Å². The van der Waals surface area contributed by atoms with E-state index < -0.39 is 23.3 Å². The summed E-state index contributed by atoms with van der Waals surface area (Å²) in [7, 11) is 0. The van der Waals surface area contributed by atoms with Gasteiger partial charge in [0.1, 0.15) is 17.4 Å². The first kappa shape index (κ1) is 14.8. The van der Waals surface area contributed by atoms with Crippen LogP contribution >= 0.6 is 0 Å². The number of benzene rings is 2. The molecule has 3 rings (SSSR count). The highest BCUT2D eigenvalue weighted by molar-refractivity contribution is 5.93. The molecule has 0 radical (unpaired) electrons. The Hall–Kier alpha value is -3.09. The Morgan fingerprint density at radius 1 is 1.22 bits per heavy atom. The average Bonchev–Trinajstić information content (AvgIpc) is 2.55. The molecule has 0 aliphatic rings. The second kappa shape index (κ2) is 5.96. The van der Waals surface area contributed by atoms with E-state index in [4.69, 9.17) is 0 Å². The van der Waals surface area contributed by atoms with Crippen molar-refractivity contribution >= 4 is 22.5 Å². The Morgan fingerprint density at radius 2 is 2.00 bits per heavy atom. The SMILES string of the molecule is C[C@@H](C(=O)Nc1cccc(F)c1)n1nnc2ccccc2c1=O. The van der Waals surface area contributed by atoms with E-state index in [2.05, 4.69) is 15.6 Å². The van der Waals surface area contributed by atoms with Crippen molar-refractivity contribution in [2.24, 2.45) is 0 Å². The molecule has 0 bridgehead atoms. The van der Waals surface area contributed by atoms with Gasteiger partial charge in [-0.15, -0.1) is 5.10 Å². The minimum absolute atomic E-state index is 0.309. The molecule has 1 amide bonds. The number of halogens is 1. The number of rotatable bonds is 3. The molecule has 0 aliphatic carbocycles. The van der Waals surface area contributed by atoms with E-state index in [0.717, 1.165) is 4.68 Å². The van der Waals surface area contributed by atoms with Crippen LogP contribution in [-0.2, 0) is 4.79 Å². The molecular weight excluding hydrogens is 299 g/mol. The fourth-order valence-electron chi connectivity index (χ4n) is 2.18. The number of anilines is 1. The van der Waals surface area contributed by atoms with Gasteiger partial charge in [0.05, 0.1) is 5.39 Å². The molecule has 23 heavy (non-hydrogen) atoms. The van der Waals surface area contributed by atoms with Crippen molar-refractivity contribution in [2.75, 3.05) is 5.32 Å². The summed E-state index contributed by atoms with van der Waals surface area (Å²) >= 11 is 0. The van der Waals surface area contributed by atoms with E-state index in [1.165, 1.54) is 25.1 Å². The minimum Gasteiger partial charge on any atom is -0.324 e. The van der Waals surface area contributed by atoms with Gasteiger partial charge in [0.15, 0.2) is 0 Å². The van der Waals surface area contributed by atoms with Crippen molar-refractivity contribution < 1.29 is 9.18 Å².